The first-order valence-electron chi connectivity index (χ1n) is 6.44. The van der Waals surface area contributed by atoms with Gasteiger partial charge in [-0.1, -0.05) is 18.9 Å². The van der Waals surface area contributed by atoms with E-state index in [1.807, 2.05) is 6.92 Å². The second-order valence-corrected chi connectivity index (χ2v) is 5.01. The molecule has 0 radical (unpaired) electrons. The summed E-state index contributed by atoms with van der Waals surface area (Å²) in [5.41, 5.74) is 5.72. The van der Waals surface area contributed by atoms with E-state index in [-0.39, 0.29) is 23.2 Å². The molecule has 98 valence electrons. The van der Waals surface area contributed by atoms with Crippen molar-refractivity contribution in [2.45, 2.75) is 38.6 Å². The van der Waals surface area contributed by atoms with E-state index in [0.29, 0.717) is 5.92 Å². The predicted molar refractivity (Wildman–Crippen MR) is 69.7 cm³/mol. The lowest BCUT2D eigenvalue weighted by molar-refractivity contribution is 0.0928. The standard InChI is InChI=1S/C14H19FN2O/c1-9(10-5-2-3-6-10)17-14(18)11-7-4-8-12(15)13(11)16/h4,7-10H,2-3,5-6,16H2,1H3,(H,17,18). The van der Waals surface area contributed by atoms with Gasteiger partial charge >= 0.3 is 0 Å². The Morgan fingerprint density at radius 1 is 1.44 bits per heavy atom. The van der Waals surface area contributed by atoms with E-state index in [1.54, 1.807) is 6.07 Å². The van der Waals surface area contributed by atoms with Gasteiger partial charge in [-0.25, -0.2) is 4.39 Å². The highest BCUT2D eigenvalue weighted by Crippen LogP contribution is 2.27. The minimum atomic E-state index is -0.545. The first-order valence-corrected chi connectivity index (χ1v) is 6.44. The topological polar surface area (TPSA) is 55.1 Å². The third-order valence-corrected chi connectivity index (χ3v) is 3.76. The Kier molecular flexibility index (Phi) is 3.84. The zero-order valence-electron chi connectivity index (χ0n) is 10.6. The fourth-order valence-electron chi connectivity index (χ4n) is 2.59. The molecule has 0 spiro atoms. The number of nitrogens with two attached hydrogens (primary N) is 1. The maximum Gasteiger partial charge on any atom is 0.253 e. The van der Waals surface area contributed by atoms with Crippen molar-refractivity contribution in [1.29, 1.82) is 0 Å². The molecule has 1 amide bonds. The van der Waals surface area contributed by atoms with Gasteiger partial charge in [0, 0.05) is 6.04 Å². The molecule has 0 saturated heterocycles. The SMILES string of the molecule is CC(NC(=O)c1cccc(F)c1N)C1CCCC1. The van der Waals surface area contributed by atoms with E-state index in [2.05, 4.69) is 5.32 Å². The normalized spacial score (nSPS) is 17.7. The molecule has 1 unspecified atom stereocenters. The summed E-state index contributed by atoms with van der Waals surface area (Å²) in [7, 11) is 0. The Labute approximate surface area is 107 Å². The molecule has 3 N–H and O–H groups in total. The van der Waals surface area contributed by atoms with Gasteiger partial charge in [0.1, 0.15) is 5.82 Å². The average molecular weight is 250 g/mol. The van der Waals surface area contributed by atoms with Crippen LogP contribution in [0.15, 0.2) is 18.2 Å². The Hall–Kier alpha value is -1.58. The molecule has 0 heterocycles. The van der Waals surface area contributed by atoms with Crippen LogP contribution in [-0.2, 0) is 0 Å². The number of rotatable bonds is 3. The van der Waals surface area contributed by atoms with Crippen molar-refractivity contribution in [2.75, 3.05) is 5.73 Å². The smallest absolute Gasteiger partial charge is 0.253 e. The fourth-order valence-corrected chi connectivity index (χ4v) is 2.59. The Morgan fingerprint density at radius 3 is 2.78 bits per heavy atom. The second-order valence-electron chi connectivity index (χ2n) is 5.01. The zero-order chi connectivity index (χ0) is 13.1. The van der Waals surface area contributed by atoms with Gasteiger partial charge in [0.2, 0.25) is 0 Å². The maximum atomic E-state index is 13.3. The van der Waals surface area contributed by atoms with Crippen LogP contribution in [0, 0.1) is 11.7 Å². The fraction of sp³-hybridized carbons (Fsp3) is 0.500. The third-order valence-electron chi connectivity index (χ3n) is 3.76. The van der Waals surface area contributed by atoms with Crippen molar-refractivity contribution in [2.24, 2.45) is 5.92 Å². The van der Waals surface area contributed by atoms with Crippen LogP contribution in [0.4, 0.5) is 10.1 Å². The molecule has 0 aromatic heterocycles. The van der Waals surface area contributed by atoms with Crippen molar-refractivity contribution in [3.8, 4) is 0 Å². The van der Waals surface area contributed by atoms with Gasteiger partial charge in [0.05, 0.1) is 11.3 Å². The molecule has 1 saturated carbocycles. The number of amides is 1. The number of hydrogen-bond acceptors (Lipinski definition) is 2. The van der Waals surface area contributed by atoms with Crippen LogP contribution in [0.3, 0.4) is 0 Å². The average Bonchev–Trinajstić information content (AvgIpc) is 2.86. The van der Waals surface area contributed by atoms with Gasteiger partial charge in [0.15, 0.2) is 0 Å². The largest absolute Gasteiger partial charge is 0.396 e. The first-order chi connectivity index (χ1) is 8.59. The number of anilines is 1. The molecule has 0 bridgehead atoms. The molecule has 1 aliphatic rings. The van der Waals surface area contributed by atoms with Crippen molar-refractivity contribution < 1.29 is 9.18 Å². The lowest BCUT2D eigenvalue weighted by Gasteiger charge is -2.20. The van der Waals surface area contributed by atoms with Crippen LogP contribution in [0.5, 0.6) is 0 Å². The minimum Gasteiger partial charge on any atom is -0.396 e. The van der Waals surface area contributed by atoms with Crippen LogP contribution in [0.25, 0.3) is 0 Å². The molecule has 1 aromatic rings. The van der Waals surface area contributed by atoms with E-state index >= 15 is 0 Å². The van der Waals surface area contributed by atoms with E-state index in [0.717, 1.165) is 12.8 Å². The van der Waals surface area contributed by atoms with E-state index in [4.69, 9.17) is 5.73 Å². The number of halogens is 1. The van der Waals surface area contributed by atoms with Crippen LogP contribution in [-0.4, -0.2) is 11.9 Å². The second kappa shape index (κ2) is 5.38. The number of carbonyl (C=O) groups is 1. The third kappa shape index (κ3) is 2.63. The maximum absolute atomic E-state index is 13.3. The van der Waals surface area contributed by atoms with Crippen molar-refractivity contribution in [1.82, 2.24) is 5.32 Å². The quantitative estimate of drug-likeness (QED) is 0.810. The minimum absolute atomic E-state index is 0.0754. The van der Waals surface area contributed by atoms with Gasteiger partial charge in [-0.3, -0.25) is 4.79 Å². The van der Waals surface area contributed by atoms with Gasteiger partial charge in [0.25, 0.3) is 5.91 Å². The molecule has 1 fully saturated rings. The number of para-hydroxylation sites is 1. The lowest BCUT2D eigenvalue weighted by atomic mass is 9.99. The van der Waals surface area contributed by atoms with Gasteiger partial charge < -0.3 is 11.1 Å². The van der Waals surface area contributed by atoms with Gasteiger partial charge in [-0.2, -0.15) is 0 Å². The van der Waals surface area contributed by atoms with Crippen LogP contribution in [0.1, 0.15) is 43.0 Å². The molecule has 18 heavy (non-hydrogen) atoms. The van der Waals surface area contributed by atoms with Crippen LogP contribution < -0.4 is 11.1 Å². The first kappa shape index (κ1) is 12.9. The molecule has 2 rings (SSSR count). The summed E-state index contributed by atoms with van der Waals surface area (Å²) >= 11 is 0. The highest BCUT2D eigenvalue weighted by molar-refractivity contribution is 5.99. The van der Waals surface area contributed by atoms with E-state index < -0.39 is 5.82 Å². The Bertz CT molecular complexity index is 441. The monoisotopic (exact) mass is 250 g/mol. The summed E-state index contributed by atoms with van der Waals surface area (Å²) < 4.78 is 13.3. The van der Waals surface area contributed by atoms with Gasteiger partial charge in [-0.05, 0) is 37.8 Å². The summed E-state index contributed by atoms with van der Waals surface area (Å²) in [5, 5.41) is 2.92. The summed E-state index contributed by atoms with van der Waals surface area (Å²) in [6.45, 7) is 2.00. The highest BCUT2D eigenvalue weighted by Gasteiger charge is 2.23. The number of nitrogen functional groups attached to an aromatic ring is 1. The van der Waals surface area contributed by atoms with Crippen molar-refractivity contribution in [3.63, 3.8) is 0 Å². The molecule has 1 atom stereocenters. The Balaban J connectivity index is 2.05. The van der Waals surface area contributed by atoms with Crippen molar-refractivity contribution >= 4 is 11.6 Å². The summed E-state index contributed by atoms with van der Waals surface area (Å²) in [6.07, 6.45) is 4.76. The summed E-state index contributed by atoms with van der Waals surface area (Å²) in [6, 6.07) is 4.42. The predicted octanol–water partition coefficient (Wildman–Crippen LogP) is 2.72. The molecule has 3 nitrogen and oxygen atoms in total. The number of benzene rings is 1. The van der Waals surface area contributed by atoms with Crippen molar-refractivity contribution in [3.05, 3.63) is 29.6 Å². The summed E-state index contributed by atoms with van der Waals surface area (Å²) in [5.74, 6) is -0.300. The Morgan fingerprint density at radius 2 is 2.11 bits per heavy atom. The van der Waals surface area contributed by atoms with Gasteiger partial charge in [-0.15, -0.1) is 0 Å². The van der Waals surface area contributed by atoms with E-state index in [9.17, 15) is 9.18 Å². The molecule has 1 aliphatic carbocycles. The summed E-state index contributed by atoms with van der Waals surface area (Å²) in [4.78, 5) is 12.0. The number of hydrogen-bond donors (Lipinski definition) is 2. The molecule has 1 aromatic carbocycles. The van der Waals surface area contributed by atoms with Crippen LogP contribution >= 0.6 is 0 Å². The highest BCUT2D eigenvalue weighted by atomic mass is 19.1. The zero-order valence-corrected chi connectivity index (χ0v) is 10.6. The molecule has 0 aliphatic heterocycles. The van der Waals surface area contributed by atoms with Crippen LogP contribution in [0.2, 0.25) is 0 Å². The number of nitrogens with one attached hydrogen (secondary N) is 1. The molecular weight excluding hydrogens is 231 g/mol. The lowest BCUT2D eigenvalue weighted by Crippen LogP contribution is -2.37. The number of carbonyl (C=O) groups excluding carboxylic acids is 1. The van der Waals surface area contributed by atoms with E-state index in [1.165, 1.54) is 25.0 Å². The molecular formula is C14H19FN2O. The molecule has 4 heteroatoms.